The van der Waals surface area contributed by atoms with Crippen LogP contribution in [-0.2, 0) is 0 Å². The van der Waals surface area contributed by atoms with Gasteiger partial charge in [0.25, 0.3) is 5.91 Å². The maximum atomic E-state index is 12.1. The van der Waals surface area contributed by atoms with Gasteiger partial charge in [0.2, 0.25) is 0 Å². The lowest BCUT2D eigenvalue weighted by atomic mass is 9.84. The van der Waals surface area contributed by atoms with Crippen LogP contribution < -0.4 is 5.32 Å². The largest absolute Gasteiger partial charge is 0.348 e. The lowest BCUT2D eigenvalue weighted by molar-refractivity contribution is 0.0890. The summed E-state index contributed by atoms with van der Waals surface area (Å²) in [6.45, 7) is 1.02. The van der Waals surface area contributed by atoms with Gasteiger partial charge in [-0.3, -0.25) is 9.78 Å². The number of hydrogen-bond acceptors (Lipinski definition) is 4. The molecule has 5 nitrogen and oxygen atoms in total. The van der Waals surface area contributed by atoms with Gasteiger partial charge in [0, 0.05) is 25.0 Å². The maximum absolute atomic E-state index is 12.1. The maximum Gasteiger partial charge on any atom is 0.271 e. The molecule has 0 aromatic carbocycles. The highest BCUT2D eigenvalue weighted by Crippen LogP contribution is 2.25. The van der Waals surface area contributed by atoms with Crippen LogP contribution in [0.15, 0.2) is 18.6 Å². The van der Waals surface area contributed by atoms with Crippen LogP contribution in [-0.4, -0.2) is 47.5 Å². The summed E-state index contributed by atoms with van der Waals surface area (Å²) in [5, 5.41) is 3.12. The molecule has 0 spiro atoms. The SMILES string of the molecule is CN(C)CC1CCCCC1NC(=O)c1cnccn1. The van der Waals surface area contributed by atoms with E-state index in [9.17, 15) is 4.79 Å². The van der Waals surface area contributed by atoms with Crippen LogP contribution in [0.4, 0.5) is 0 Å². The number of amides is 1. The van der Waals surface area contributed by atoms with Gasteiger partial charge in [-0.25, -0.2) is 4.98 Å². The first-order valence-corrected chi connectivity index (χ1v) is 6.88. The van der Waals surface area contributed by atoms with Crippen LogP contribution in [0, 0.1) is 5.92 Å². The normalized spacial score (nSPS) is 23.3. The Bertz CT molecular complexity index is 407. The van der Waals surface area contributed by atoms with Crippen molar-refractivity contribution in [2.24, 2.45) is 5.92 Å². The molecule has 2 rings (SSSR count). The van der Waals surface area contributed by atoms with E-state index in [0.29, 0.717) is 11.6 Å². The Kier molecular flexibility index (Phi) is 4.85. The summed E-state index contributed by atoms with van der Waals surface area (Å²) >= 11 is 0. The molecule has 0 saturated heterocycles. The van der Waals surface area contributed by atoms with Crippen molar-refractivity contribution in [1.82, 2.24) is 20.2 Å². The number of nitrogens with zero attached hydrogens (tertiary/aromatic N) is 3. The number of carbonyl (C=O) groups is 1. The van der Waals surface area contributed by atoms with E-state index in [4.69, 9.17) is 0 Å². The molecule has 1 aromatic rings. The van der Waals surface area contributed by atoms with E-state index in [2.05, 4.69) is 34.3 Å². The summed E-state index contributed by atoms with van der Waals surface area (Å²) < 4.78 is 0. The average molecular weight is 262 g/mol. The monoisotopic (exact) mass is 262 g/mol. The van der Waals surface area contributed by atoms with Crippen LogP contribution >= 0.6 is 0 Å². The standard InChI is InChI=1S/C14H22N4O/c1-18(2)10-11-5-3-4-6-12(11)17-14(19)13-9-15-7-8-16-13/h7-9,11-12H,3-6,10H2,1-2H3,(H,17,19). The van der Waals surface area contributed by atoms with Crippen LogP contribution in [0.2, 0.25) is 0 Å². The highest BCUT2D eigenvalue weighted by Gasteiger charge is 2.27. The minimum atomic E-state index is -0.108. The van der Waals surface area contributed by atoms with Crippen molar-refractivity contribution in [2.75, 3.05) is 20.6 Å². The minimum Gasteiger partial charge on any atom is -0.348 e. The molecule has 1 saturated carbocycles. The molecular weight excluding hydrogens is 240 g/mol. The molecule has 0 aliphatic heterocycles. The van der Waals surface area contributed by atoms with E-state index in [0.717, 1.165) is 13.0 Å². The Morgan fingerprint density at radius 1 is 1.37 bits per heavy atom. The van der Waals surface area contributed by atoms with Crippen molar-refractivity contribution in [3.05, 3.63) is 24.3 Å². The first-order valence-electron chi connectivity index (χ1n) is 6.88. The van der Waals surface area contributed by atoms with E-state index in [1.807, 2.05) is 0 Å². The number of aromatic nitrogens is 2. The van der Waals surface area contributed by atoms with Crippen molar-refractivity contribution in [3.63, 3.8) is 0 Å². The number of hydrogen-bond donors (Lipinski definition) is 1. The molecule has 1 N–H and O–H groups in total. The second-order valence-electron chi connectivity index (χ2n) is 5.48. The molecule has 1 heterocycles. The average Bonchev–Trinajstić information content (AvgIpc) is 2.41. The molecule has 2 unspecified atom stereocenters. The van der Waals surface area contributed by atoms with Gasteiger partial charge in [0.05, 0.1) is 6.20 Å². The molecule has 19 heavy (non-hydrogen) atoms. The third-order valence-corrected chi connectivity index (χ3v) is 3.62. The van der Waals surface area contributed by atoms with Crippen LogP contribution in [0.25, 0.3) is 0 Å². The molecular formula is C14H22N4O. The minimum absolute atomic E-state index is 0.108. The van der Waals surface area contributed by atoms with E-state index >= 15 is 0 Å². The van der Waals surface area contributed by atoms with E-state index in [1.54, 1.807) is 12.4 Å². The molecule has 1 amide bonds. The van der Waals surface area contributed by atoms with Crippen molar-refractivity contribution >= 4 is 5.91 Å². The first kappa shape index (κ1) is 13.9. The predicted octanol–water partition coefficient (Wildman–Crippen LogP) is 1.33. The Balaban J connectivity index is 1.97. The van der Waals surface area contributed by atoms with Crippen LogP contribution in [0.1, 0.15) is 36.2 Å². The zero-order valence-electron chi connectivity index (χ0n) is 11.7. The van der Waals surface area contributed by atoms with Gasteiger partial charge in [-0.05, 0) is 32.9 Å². The van der Waals surface area contributed by atoms with Gasteiger partial charge in [-0.1, -0.05) is 12.8 Å². The van der Waals surface area contributed by atoms with Crippen molar-refractivity contribution in [2.45, 2.75) is 31.7 Å². The summed E-state index contributed by atoms with van der Waals surface area (Å²) in [6, 6.07) is 0.255. The number of carbonyl (C=O) groups excluding carboxylic acids is 1. The molecule has 1 aliphatic carbocycles. The lowest BCUT2D eigenvalue weighted by Gasteiger charge is -2.33. The third-order valence-electron chi connectivity index (χ3n) is 3.62. The highest BCUT2D eigenvalue weighted by atomic mass is 16.1. The predicted molar refractivity (Wildman–Crippen MR) is 73.8 cm³/mol. The topological polar surface area (TPSA) is 58.1 Å². The Morgan fingerprint density at radius 3 is 2.84 bits per heavy atom. The Morgan fingerprint density at radius 2 is 2.16 bits per heavy atom. The second-order valence-corrected chi connectivity index (χ2v) is 5.48. The molecule has 1 aliphatic rings. The van der Waals surface area contributed by atoms with Gasteiger partial charge in [0.15, 0.2) is 0 Å². The first-order chi connectivity index (χ1) is 9.16. The molecule has 5 heteroatoms. The van der Waals surface area contributed by atoms with Gasteiger partial charge >= 0.3 is 0 Å². The molecule has 104 valence electrons. The molecule has 2 atom stereocenters. The number of nitrogens with one attached hydrogen (secondary N) is 1. The van der Waals surface area contributed by atoms with E-state index in [1.165, 1.54) is 25.5 Å². The number of rotatable bonds is 4. The van der Waals surface area contributed by atoms with Gasteiger partial charge < -0.3 is 10.2 Å². The summed E-state index contributed by atoms with van der Waals surface area (Å²) in [5.41, 5.74) is 0.400. The summed E-state index contributed by atoms with van der Waals surface area (Å²) in [7, 11) is 4.16. The Labute approximate surface area is 114 Å². The van der Waals surface area contributed by atoms with Crippen molar-refractivity contribution < 1.29 is 4.79 Å². The van der Waals surface area contributed by atoms with Crippen LogP contribution in [0.5, 0.6) is 0 Å². The van der Waals surface area contributed by atoms with Gasteiger partial charge in [-0.15, -0.1) is 0 Å². The zero-order valence-corrected chi connectivity index (χ0v) is 11.7. The summed E-state index contributed by atoms with van der Waals surface area (Å²) in [4.78, 5) is 22.3. The molecule has 0 bridgehead atoms. The van der Waals surface area contributed by atoms with E-state index < -0.39 is 0 Å². The summed E-state index contributed by atoms with van der Waals surface area (Å²) in [6.07, 6.45) is 9.33. The fourth-order valence-corrected chi connectivity index (χ4v) is 2.74. The molecule has 1 fully saturated rings. The smallest absolute Gasteiger partial charge is 0.271 e. The molecule has 1 aromatic heterocycles. The fraction of sp³-hybridized carbons (Fsp3) is 0.643. The van der Waals surface area contributed by atoms with Gasteiger partial charge in [-0.2, -0.15) is 0 Å². The van der Waals surface area contributed by atoms with Gasteiger partial charge in [0.1, 0.15) is 5.69 Å². The highest BCUT2D eigenvalue weighted by molar-refractivity contribution is 5.92. The molecule has 0 radical (unpaired) electrons. The zero-order chi connectivity index (χ0) is 13.7. The third kappa shape index (κ3) is 3.99. The van der Waals surface area contributed by atoms with Crippen molar-refractivity contribution in [1.29, 1.82) is 0 Å². The van der Waals surface area contributed by atoms with Crippen molar-refractivity contribution in [3.8, 4) is 0 Å². The van der Waals surface area contributed by atoms with E-state index in [-0.39, 0.29) is 11.9 Å². The lowest BCUT2D eigenvalue weighted by Crippen LogP contribution is -2.45. The quantitative estimate of drug-likeness (QED) is 0.889. The summed E-state index contributed by atoms with van der Waals surface area (Å²) in [5.74, 6) is 0.424. The Hall–Kier alpha value is -1.49. The fourth-order valence-electron chi connectivity index (χ4n) is 2.74. The second kappa shape index (κ2) is 6.61. The van der Waals surface area contributed by atoms with Crippen LogP contribution in [0.3, 0.4) is 0 Å².